The summed E-state index contributed by atoms with van der Waals surface area (Å²) < 4.78 is 38.9. The van der Waals surface area contributed by atoms with Gasteiger partial charge in [-0.05, 0) is 73.1 Å². The third kappa shape index (κ3) is 5.82. The lowest BCUT2D eigenvalue weighted by atomic mass is 9.92. The van der Waals surface area contributed by atoms with Gasteiger partial charge >= 0.3 is 0 Å². The average Bonchev–Trinajstić information content (AvgIpc) is 3.27. The third-order valence-corrected chi connectivity index (χ3v) is 6.18. The van der Waals surface area contributed by atoms with E-state index in [4.69, 9.17) is 9.47 Å². The van der Waals surface area contributed by atoms with Gasteiger partial charge in [0.25, 0.3) is 6.43 Å². The molecule has 2 aromatic rings. The van der Waals surface area contributed by atoms with E-state index in [0.29, 0.717) is 30.9 Å². The second kappa shape index (κ2) is 10.1. The molecule has 4 nitrogen and oxygen atoms in total. The van der Waals surface area contributed by atoms with Crippen LogP contribution in [-0.4, -0.2) is 35.1 Å². The maximum atomic E-state index is 13.6. The van der Waals surface area contributed by atoms with Gasteiger partial charge in [-0.3, -0.25) is 0 Å². The molecular weight excluding hydrogens is 402 g/mol. The molecule has 3 atom stereocenters. The molecule has 0 bridgehead atoms. The Bertz CT molecular complexity index is 849. The molecule has 0 radical (unpaired) electrons. The van der Waals surface area contributed by atoms with Crippen molar-refractivity contribution in [3.63, 3.8) is 0 Å². The van der Waals surface area contributed by atoms with E-state index in [0.717, 1.165) is 29.7 Å². The fourth-order valence-corrected chi connectivity index (χ4v) is 4.60. The van der Waals surface area contributed by atoms with Crippen LogP contribution in [0, 0.1) is 0 Å². The summed E-state index contributed by atoms with van der Waals surface area (Å²) in [5, 5.41) is 19.5. The van der Waals surface area contributed by atoms with Crippen LogP contribution >= 0.6 is 0 Å². The van der Waals surface area contributed by atoms with E-state index in [1.807, 2.05) is 30.3 Å². The Kier molecular flexibility index (Phi) is 7.20. The Morgan fingerprint density at radius 2 is 1.74 bits per heavy atom. The molecule has 168 valence electrons. The Hall–Kier alpha value is -2.02. The van der Waals surface area contributed by atoms with E-state index in [9.17, 15) is 19.0 Å². The number of aliphatic hydroxyl groups excluding tert-OH is 2. The van der Waals surface area contributed by atoms with Crippen LogP contribution in [0.5, 0.6) is 5.75 Å². The van der Waals surface area contributed by atoms with Crippen molar-refractivity contribution in [2.45, 2.75) is 75.8 Å². The summed E-state index contributed by atoms with van der Waals surface area (Å²) in [5.41, 5.74) is 2.33. The number of alkyl halides is 2. The molecule has 2 aromatic carbocycles. The van der Waals surface area contributed by atoms with Gasteiger partial charge in [-0.15, -0.1) is 0 Å². The SMILES string of the molecule is OCC1CC(O)CC(c2cc(Cc3ccc(OC4CCCC4)cc3)cc(C(F)F)c2)O1. The fraction of sp³-hybridized carbons (Fsp3) is 0.520. The van der Waals surface area contributed by atoms with E-state index in [-0.39, 0.29) is 12.2 Å². The summed E-state index contributed by atoms with van der Waals surface area (Å²) in [4.78, 5) is 0. The number of benzene rings is 2. The molecule has 0 amide bonds. The van der Waals surface area contributed by atoms with Gasteiger partial charge < -0.3 is 19.7 Å². The van der Waals surface area contributed by atoms with Crippen molar-refractivity contribution in [2.75, 3.05) is 6.61 Å². The molecule has 1 saturated carbocycles. The molecule has 0 aromatic heterocycles. The summed E-state index contributed by atoms with van der Waals surface area (Å²) in [6, 6.07) is 12.7. The van der Waals surface area contributed by atoms with Crippen LogP contribution in [0.3, 0.4) is 0 Å². The average molecular weight is 433 g/mol. The van der Waals surface area contributed by atoms with Gasteiger partial charge in [0.1, 0.15) is 5.75 Å². The first kappa shape index (κ1) is 22.2. The second-order valence-electron chi connectivity index (χ2n) is 8.71. The van der Waals surface area contributed by atoms with Crippen LogP contribution in [0.2, 0.25) is 0 Å². The van der Waals surface area contributed by atoms with Gasteiger partial charge in [0.2, 0.25) is 0 Å². The van der Waals surface area contributed by atoms with Crippen LogP contribution in [0.15, 0.2) is 42.5 Å². The van der Waals surface area contributed by atoms with Crippen molar-refractivity contribution >= 4 is 0 Å². The summed E-state index contributed by atoms with van der Waals surface area (Å²) in [7, 11) is 0. The standard InChI is InChI=1S/C25H30F2O4/c26-25(27)19-11-17(10-18(12-19)24-14-20(29)13-23(15-28)31-24)9-16-5-7-22(8-6-16)30-21-3-1-2-4-21/h5-8,10-12,20-21,23-25,28-29H,1-4,9,13-15H2. The highest BCUT2D eigenvalue weighted by Crippen LogP contribution is 2.34. The zero-order valence-electron chi connectivity index (χ0n) is 17.6. The van der Waals surface area contributed by atoms with E-state index < -0.39 is 24.7 Å². The number of aliphatic hydroxyl groups is 2. The number of halogens is 2. The zero-order valence-corrected chi connectivity index (χ0v) is 17.6. The van der Waals surface area contributed by atoms with Crippen molar-refractivity contribution in [2.24, 2.45) is 0 Å². The van der Waals surface area contributed by atoms with E-state index in [1.165, 1.54) is 25.0 Å². The molecule has 1 saturated heterocycles. The highest BCUT2D eigenvalue weighted by molar-refractivity contribution is 5.37. The molecule has 1 heterocycles. The number of hydrogen-bond acceptors (Lipinski definition) is 4. The molecule has 0 spiro atoms. The van der Waals surface area contributed by atoms with Crippen LogP contribution in [0.25, 0.3) is 0 Å². The third-order valence-electron chi connectivity index (χ3n) is 6.18. The van der Waals surface area contributed by atoms with Gasteiger partial charge in [0.05, 0.1) is 31.0 Å². The largest absolute Gasteiger partial charge is 0.490 e. The van der Waals surface area contributed by atoms with Gasteiger partial charge in [0.15, 0.2) is 0 Å². The molecule has 4 rings (SSSR count). The van der Waals surface area contributed by atoms with Crippen molar-refractivity contribution < 1.29 is 28.5 Å². The van der Waals surface area contributed by atoms with Gasteiger partial charge in [-0.2, -0.15) is 0 Å². The van der Waals surface area contributed by atoms with Crippen molar-refractivity contribution in [1.29, 1.82) is 0 Å². The first-order valence-corrected chi connectivity index (χ1v) is 11.1. The lowest BCUT2D eigenvalue weighted by molar-refractivity contribution is -0.113. The van der Waals surface area contributed by atoms with Gasteiger partial charge in [-0.1, -0.05) is 18.2 Å². The molecule has 6 heteroatoms. The van der Waals surface area contributed by atoms with Crippen molar-refractivity contribution in [3.05, 3.63) is 64.7 Å². The smallest absolute Gasteiger partial charge is 0.263 e. The Morgan fingerprint density at radius 1 is 1.00 bits per heavy atom. The molecule has 31 heavy (non-hydrogen) atoms. The van der Waals surface area contributed by atoms with E-state index in [2.05, 4.69) is 0 Å². The van der Waals surface area contributed by atoms with Gasteiger partial charge in [0, 0.05) is 18.4 Å². The minimum atomic E-state index is -2.59. The minimum Gasteiger partial charge on any atom is -0.490 e. The van der Waals surface area contributed by atoms with Gasteiger partial charge in [-0.25, -0.2) is 8.78 Å². The first-order chi connectivity index (χ1) is 15.0. The number of hydrogen-bond donors (Lipinski definition) is 2. The molecule has 1 aliphatic heterocycles. The highest BCUT2D eigenvalue weighted by Gasteiger charge is 2.29. The second-order valence-corrected chi connectivity index (χ2v) is 8.71. The quantitative estimate of drug-likeness (QED) is 0.638. The maximum absolute atomic E-state index is 13.6. The number of ether oxygens (including phenoxy) is 2. The van der Waals surface area contributed by atoms with Crippen LogP contribution in [-0.2, 0) is 11.2 Å². The predicted octanol–water partition coefficient (Wildman–Crippen LogP) is 5.11. The molecule has 2 fully saturated rings. The zero-order chi connectivity index (χ0) is 21.8. The minimum absolute atomic E-state index is 0.0575. The summed E-state index contributed by atoms with van der Waals surface area (Å²) in [5.74, 6) is 0.845. The normalized spacial score (nSPS) is 24.6. The first-order valence-electron chi connectivity index (χ1n) is 11.1. The lowest BCUT2D eigenvalue weighted by Gasteiger charge is -2.33. The Balaban J connectivity index is 1.51. The van der Waals surface area contributed by atoms with E-state index >= 15 is 0 Å². The van der Waals surface area contributed by atoms with Crippen molar-refractivity contribution in [1.82, 2.24) is 0 Å². The number of rotatable bonds is 7. The molecular formula is C25H30F2O4. The summed E-state index contributed by atoms with van der Waals surface area (Å²) in [6.07, 6.45) is 1.89. The van der Waals surface area contributed by atoms with Crippen LogP contribution in [0.4, 0.5) is 8.78 Å². The Labute approximate surface area is 181 Å². The molecule has 2 aliphatic rings. The molecule has 2 N–H and O–H groups in total. The summed E-state index contributed by atoms with van der Waals surface area (Å²) >= 11 is 0. The van der Waals surface area contributed by atoms with Crippen molar-refractivity contribution in [3.8, 4) is 5.75 Å². The highest BCUT2D eigenvalue weighted by atomic mass is 19.3. The lowest BCUT2D eigenvalue weighted by Crippen LogP contribution is -2.33. The van der Waals surface area contributed by atoms with Crippen LogP contribution < -0.4 is 4.74 Å². The van der Waals surface area contributed by atoms with E-state index in [1.54, 1.807) is 0 Å². The van der Waals surface area contributed by atoms with Crippen LogP contribution in [0.1, 0.15) is 73.3 Å². The fourth-order valence-electron chi connectivity index (χ4n) is 4.60. The Morgan fingerprint density at radius 3 is 2.42 bits per heavy atom. The monoisotopic (exact) mass is 432 g/mol. The molecule has 3 unspecified atom stereocenters. The predicted molar refractivity (Wildman–Crippen MR) is 113 cm³/mol. The summed E-state index contributed by atoms with van der Waals surface area (Å²) in [6.45, 7) is -0.204. The molecule has 1 aliphatic carbocycles. The maximum Gasteiger partial charge on any atom is 0.263 e. The topological polar surface area (TPSA) is 58.9 Å².